The molecule has 0 spiro atoms. The number of nitrogens with zero attached hydrogens (tertiary/aromatic N) is 2. The summed E-state index contributed by atoms with van der Waals surface area (Å²) in [7, 11) is 0. The van der Waals surface area contributed by atoms with Crippen LogP contribution in [0.3, 0.4) is 0 Å². The van der Waals surface area contributed by atoms with Gasteiger partial charge >= 0.3 is 12.1 Å². The minimum Gasteiger partial charge on any atom is -0.453 e. The maximum atomic E-state index is 15.8. The molecule has 0 bridgehead atoms. The van der Waals surface area contributed by atoms with Crippen LogP contribution >= 0.6 is 0 Å². The van der Waals surface area contributed by atoms with Crippen LogP contribution in [0.25, 0.3) is 0 Å². The molecular weight excluding hydrogens is 1370 g/mol. The molecule has 2 aromatic carbocycles. The Morgan fingerprint density at radius 1 is 0.667 bits per heavy atom. The predicted octanol–water partition coefficient (Wildman–Crippen LogP) is -3.10. The fourth-order valence-corrected chi connectivity index (χ4v) is 10.7. The van der Waals surface area contributed by atoms with E-state index in [9.17, 15) is 68.4 Å². The number of primary amides is 1. The molecule has 1 aliphatic heterocycles. The van der Waals surface area contributed by atoms with E-state index in [0.29, 0.717) is 17.5 Å². The van der Waals surface area contributed by atoms with Crippen molar-refractivity contribution < 1.29 is 92.2 Å². The molecule has 4 rings (SSSR count). The van der Waals surface area contributed by atoms with Crippen LogP contribution in [0.2, 0.25) is 0 Å². The lowest BCUT2D eigenvalue weighted by Gasteiger charge is -2.34. The van der Waals surface area contributed by atoms with Gasteiger partial charge in [-0.2, -0.15) is 0 Å². The van der Waals surface area contributed by atoms with E-state index in [1.54, 1.807) is 64.1 Å². The number of rotatable bonds is 27. The highest BCUT2D eigenvalue weighted by molar-refractivity contribution is 6.00. The zero-order valence-electron chi connectivity index (χ0n) is 60.7. The quantitative estimate of drug-likeness (QED) is 0.0156. The Morgan fingerprint density at radius 2 is 1.25 bits per heavy atom. The first kappa shape index (κ1) is 87.0. The van der Waals surface area contributed by atoms with E-state index in [-0.39, 0.29) is 56.8 Å². The van der Waals surface area contributed by atoms with Crippen molar-refractivity contribution in [3.8, 4) is 0 Å². The van der Waals surface area contributed by atoms with Crippen molar-refractivity contribution in [1.29, 1.82) is 0 Å². The van der Waals surface area contributed by atoms with Crippen LogP contribution in [0, 0.1) is 23.2 Å². The van der Waals surface area contributed by atoms with Crippen molar-refractivity contribution in [2.75, 3.05) is 19.7 Å². The van der Waals surface area contributed by atoms with E-state index >= 15 is 14.4 Å². The molecule has 15 atom stereocenters. The molecule has 3 aromatic rings. The number of aliphatic hydroxyl groups is 4. The number of aliphatic imine (C=N–C) groups is 1. The van der Waals surface area contributed by atoms with Gasteiger partial charge in [-0.3, -0.25) is 62.7 Å². The molecule has 0 radical (unpaired) electrons. The van der Waals surface area contributed by atoms with Crippen molar-refractivity contribution in [2.24, 2.45) is 45.4 Å². The highest BCUT2D eigenvalue weighted by Gasteiger charge is 2.44. The van der Waals surface area contributed by atoms with Gasteiger partial charge in [0.1, 0.15) is 61.0 Å². The summed E-state index contributed by atoms with van der Waals surface area (Å²) >= 11 is 0. The second-order valence-electron chi connectivity index (χ2n) is 27.2. The summed E-state index contributed by atoms with van der Waals surface area (Å²) in [5.41, 5.74) is 16.7. The summed E-state index contributed by atoms with van der Waals surface area (Å²) in [6.45, 7) is 13.4. The van der Waals surface area contributed by atoms with Crippen LogP contribution in [0.15, 0.2) is 90.2 Å². The van der Waals surface area contributed by atoms with Crippen molar-refractivity contribution >= 4 is 83.0 Å². The van der Waals surface area contributed by atoms with Gasteiger partial charge in [0, 0.05) is 25.4 Å². The number of aromatic nitrogens is 1. The Labute approximate surface area is 609 Å². The summed E-state index contributed by atoms with van der Waals surface area (Å²) in [6.07, 6.45) is -6.68. The van der Waals surface area contributed by atoms with E-state index in [4.69, 9.17) is 26.7 Å². The number of hydrogen-bond donors (Lipinski definition) is 18. The number of hydrogen-bond acceptors (Lipinski definition) is 21. The number of nitrogens with one attached hydrogen (secondary N) is 11. The molecule has 0 aliphatic carbocycles. The predicted molar refractivity (Wildman–Crippen MR) is 379 cm³/mol. The SMILES string of the molecule is CC[C@H](C)[C@@H]1NC(=O)[C@@H](CCCN=C(N)N)NC(=O)[C@H](CC(C)C)NC(=O)[C@H]([C@H](O)C(C)C)NC(=O)[C@@H](NC(=O)[C@H](Cc2cccnc2)NC(=O)[C@@H](CC(C)(C)CC)NC(=O)OCc2ccccc2)[C@@H](c2ccccc2)OC(=O)[C@H](CO)NC(=O)[C@H]([C@H](O)C(N)=O)NC(=O)CNC(=O)[C@H]([C@H](C)O)NC1=O. The first-order valence-electron chi connectivity index (χ1n) is 34.6. The van der Waals surface area contributed by atoms with Crippen molar-refractivity contribution in [3.05, 3.63) is 102 Å². The van der Waals surface area contributed by atoms with Gasteiger partial charge in [-0.1, -0.05) is 142 Å². The number of esters is 1. The van der Waals surface area contributed by atoms with Crippen LogP contribution in [0.4, 0.5) is 4.79 Å². The summed E-state index contributed by atoms with van der Waals surface area (Å²) in [4.78, 5) is 196. The van der Waals surface area contributed by atoms with E-state index in [1.807, 2.05) is 31.4 Å². The fourth-order valence-electron chi connectivity index (χ4n) is 10.7. The monoisotopic (exact) mass is 1470 g/mol. The number of amides is 12. The van der Waals surface area contributed by atoms with Gasteiger partial charge in [-0.15, -0.1) is 0 Å². The molecular formula is C70H104N16O19. The molecule has 578 valence electrons. The molecule has 0 saturated carbocycles. The van der Waals surface area contributed by atoms with Crippen LogP contribution in [0.1, 0.15) is 131 Å². The molecule has 1 saturated heterocycles. The van der Waals surface area contributed by atoms with Gasteiger partial charge in [-0.05, 0) is 78.5 Å². The number of benzene rings is 2. The van der Waals surface area contributed by atoms with Crippen LogP contribution in [-0.2, 0) is 80.0 Å². The van der Waals surface area contributed by atoms with Crippen molar-refractivity contribution in [1.82, 2.24) is 63.5 Å². The van der Waals surface area contributed by atoms with Gasteiger partial charge in [0.15, 0.2) is 24.2 Å². The molecule has 21 N–H and O–H groups in total. The minimum absolute atomic E-state index is 0.0202. The average Bonchev–Trinajstić information content (AvgIpc) is 0.811. The Bertz CT molecular complexity index is 3460. The second-order valence-corrected chi connectivity index (χ2v) is 27.2. The fraction of sp³-hybridized carbons (Fsp3) is 0.557. The van der Waals surface area contributed by atoms with Crippen LogP contribution in [-0.4, -0.2) is 207 Å². The topological polar surface area (TPSA) is 557 Å². The normalized spacial score (nSPS) is 22.7. The van der Waals surface area contributed by atoms with Crippen molar-refractivity contribution in [3.63, 3.8) is 0 Å². The average molecular weight is 1470 g/mol. The molecule has 1 fully saturated rings. The number of guanidine groups is 1. The Morgan fingerprint density at radius 3 is 1.82 bits per heavy atom. The number of nitrogens with two attached hydrogens (primary N) is 3. The summed E-state index contributed by atoms with van der Waals surface area (Å²) in [6, 6.07) is -0.217. The third-order valence-corrected chi connectivity index (χ3v) is 17.4. The number of carbonyl (C=O) groups is 13. The number of cyclic esters (lactones) is 1. The number of pyridine rings is 1. The highest BCUT2D eigenvalue weighted by atomic mass is 16.6. The lowest BCUT2D eigenvalue weighted by Crippen LogP contribution is -2.64. The van der Waals surface area contributed by atoms with Gasteiger partial charge in [0.05, 0.1) is 25.4 Å². The van der Waals surface area contributed by atoms with E-state index in [1.165, 1.54) is 62.6 Å². The summed E-state index contributed by atoms with van der Waals surface area (Å²) in [5, 5.41) is 71.4. The molecule has 105 heavy (non-hydrogen) atoms. The molecule has 0 unspecified atom stereocenters. The van der Waals surface area contributed by atoms with E-state index in [2.05, 4.69) is 57.8 Å². The van der Waals surface area contributed by atoms with Crippen LogP contribution in [0.5, 0.6) is 0 Å². The molecule has 35 nitrogen and oxygen atoms in total. The zero-order chi connectivity index (χ0) is 78.4. The Hall–Kier alpha value is -10.4. The minimum atomic E-state index is -2.62. The summed E-state index contributed by atoms with van der Waals surface area (Å²) in [5.74, 6) is -17.7. The maximum absolute atomic E-state index is 15.8. The standard InChI is InChI=1S/C70H104N16O19/c1-11-38(7)49-63(98)84-50(39(8)88)62(97)76-33-48(89)82-52(55(91)57(71)92)65(100)80-47(34-87)67(102)105-56(42-24-17-14-18-25-42)53(66(101)85-51(54(90)37(5)6)64(99)79-44(29-36(3)4)59(94)77-43(58(93)83-49)26-20-28-75-68(72)73)86-60(95)45(30-41-23-19-27-74-32-41)78-61(96)46(31-70(9,10)12-2)81-69(103)104-35-40-21-15-13-16-22-40/h13-19,21-25,27,32,36-39,43-47,49-56,87-88,90-91H,11-12,20,26,28-31,33-35H2,1-10H3,(H2,71,92)(H,76,97)(H,77,94)(H,78,96)(H,79,99)(H,80,100)(H,81,103)(H,82,89)(H,83,93)(H,84,98)(H,85,101)(H,86,95)(H4,72,73,75)/t38-,39-,43+,44-,45-,46+,47-,49-,50-,51-,52-,53-,54+,55-,56+/m0/s1. The largest absolute Gasteiger partial charge is 0.453 e. The third-order valence-electron chi connectivity index (χ3n) is 17.4. The number of alkyl carbamates (subject to hydrolysis) is 1. The molecule has 12 amide bonds. The molecule has 35 heteroatoms. The molecule has 2 heterocycles. The Balaban J connectivity index is 2.03. The second kappa shape index (κ2) is 42.4. The van der Waals surface area contributed by atoms with Crippen molar-refractivity contribution in [2.45, 2.75) is 206 Å². The third kappa shape index (κ3) is 28.3. The van der Waals surface area contributed by atoms with E-state index in [0.717, 1.165) is 6.92 Å². The number of carbonyl (C=O) groups excluding carboxylic acids is 13. The molecule has 1 aromatic heterocycles. The summed E-state index contributed by atoms with van der Waals surface area (Å²) < 4.78 is 11.5. The maximum Gasteiger partial charge on any atom is 0.408 e. The zero-order valence-corrected chi connectivity index (χ0v) is 60.7. The lowest BCUT2D eigenvalue weighted by atomic mass is 9.83. The number of aliphatic hydroxyl groups excluding tert-OH is 4. The smallest absolute Gasteiger partial charge is 0.408 e. The Kier molecular flexibility index (Phi) is 35.1. The first-order valence-corrected chi connectivity index (χ1v) is 34.6. The van der Waals surface area contributed by atoms with Gasteiger partial charge in [-0.25, -0.2) is 9.59 Å². The number of ether oxygens (including phenoxy) is 2. The lowest BCUT2D eigenvalue weighted by molar-refractivity contribution is -0.159. The van der Waals surface area contributed by atoms with Gasteiger partial charge < -0.3 is 106 Å². The molecule has 1 aliphatic rings. The van der Waals surface area contributed by atoms with Gasteiger partial charge in [0.2, 0.25) is 65.0 Å². The van der Waals surface area contributed by atoms with Gasteiger partial charge in [0.25, 0.3) is 0 Å². The van der Waals surface area contributed by atoms with Crippen LogP contribution < -0.4 is 75.7 Å². The first-order chi connectivity index (χ1) is 49.5. The van der Waals surface area contributed by atoms with E-state index < -0.39 is 205 Å². The highest BCUT2D eigenvalue weighted by Crippen LogP contribution is 2.28.